The van der Waals surface area contributed by atoms with Crippen molar-refractivity contribution in [3.8, 4) is 0 Å². The van der Waals surface area contributed by atoms with Crippen molar-refractivity contribution >= 4 is 17.6 Å². The summed E-state index contributed by atoms with van der Waals surface area (Å²) in [5.74, 6) is -3.11. The first kappa shape index (κ1) is 19.4. The Bertz CT molecular complexity index is 754. The van der Waals surface area contributed by atoms with Crippen molar-refractivity contribution in [3.05, 3.63) is 54.0 Å². The Labute approximate surface area is 148 Å². The zero-order chi connectivity index (χ0) is 19.1. The van der Waals surface area contributed by atoms with E-state index in [0.29, 0.717) is 18.9 Å². The smallest absolute Gasteiger partial charge is 0.254 e. The normalized spacial score (nSPS) is 12.9. The number of nitrogens with one attached hydrogen (secondary N) is 2. The van der Waals surface area contributed by atoms with Crippen LogP contribution in [0.3, 0.4) is 0 Å². The lowest BCUT2D eigenvalue weighted by atomic mass is 10.1. The third-order valence-corrected chi connectivity index (χ3v) is 3.47. The Morgan fingerprint density at radius 1 is 1.15 bits per heavy atom. The van der Waals surface area contributed by atoms with E-state index in [1.54, 1.807) is 0 Å². The highest BCUT2D eigenvalue weighted by atomic mass is 19.1. The summed E-state index contributed by atoms with van der Waals surface area (Å²) in [7, 11) is 0. The molecule has 26 heavy (non-hydrogen) atoms. The zero-order valence-electron chi connectivity index (χ0n) is 13.9. The van der Waals surface area contributed by atoms with Crippen LogP contribution in [0.1, 0.15) is 31.4 Å². The average Bonchev–Trinajstić information content (AvgIpc) is 2.60. The predicted molar refractivity (Wildman–Crippen MR) is 88.8 cm³/mol. The van der Waals surface area contributed by atoms with E-state index >= 15 is 0 Å². The lowest BCUT2D eigenvalue weighted by Gasteiger charge is -2.19. The van der Waals surface area contributed by atoms with Gasteiger partial charge in [-0.3, -0.25) is 14.6 Å². The molecule has 0 spiro atoms. The summed E-state index contributed by atoms with van der Waals surface area (Å²) in [4.78, 5) is 32.2. The molecular formula is C17H18F2N4O3. The van der Waals surface area contributed by atoms with E-state index in [1.165, 1.54) is 18.6 Å². The molecule has 2 atom stereocenters. The molecule has 1 aromatic carbocycles. The van der Waals surface area contributed by atoms with Gasteiger partial charge in [0.15, 0.2) is 11.9 Å². The number of hydrogen-bond donors (Lipinski definition) is 3. The van der Waals surface area contributed by atoms with Crippen molar-refractivity contribution in [2.24, 2.45) is 0 Å². The predicted octanol–water partition coefficient (Wildman–Crippen LogP) is 1.71. The van der Waals surface area contributed by atoms with Gasteiger partial charge in [0, 0.05) is 18.5 Å². The van der Waals surface area contributed by atoms with E-state index in [0.717, 1.165) is 12.1 Å². The molecule has 0 radical (unpaired) electrons. The zero-order valence-corrected chi connectivity index (χ0v) is 13.9. The van der Waals surface area contributed by atoms with Crippen molar-refractivity contribution in [1.82, 2.24) is 15.3 Å². The minimum atomic E-state index is -1.82. The summed E-state index contributed by atoms with van der Waals surface area (Å²) in [6.07, 6.45) is 3.23. The maximum absolute atomic E-state index is 13.2. The van der Waals surface area contributed by atoms with Crippen molar-refractivity contribution in [2.75, 3.05) is 5.32 Å². The number of rotatable bonds is 7. The van der Waals surface area contributed by atoms with Crippen LogP contribution in [0.5, 0.6) is 0 Å². The molecule has 2 amide bonds. The van der Waals surface area contributed by atoms with Crippen molar-refractivity contribution in [3.63, 3.8) is 0 Å². The van der Waals surface area contributed by atoms with Crippen molar-refractivity contribution < 1.29 is 23.5 Å². The number of aromatic nitrogens is 2. The SMILES string of the molecule is CCCC(NC(=O)C(O)c1cc(F)cc(F)c1)C(=O)Nc1cnccn1. The summed E-state index contributed by atoms with van der Waals surface area (Å²) in [5.41, 5.74) is -0.246. The molecular weight excluding hydrogens is 346 g/mol. The minimum Gasteiger partial charge on any atom is -0.378 e. The van der Waals surface area contributed by atoms with Crippen LogP contribution >= 0.6 is 0 Å². The van der Waals surface area contributed by atoms with Gasteiger partial charge >= 0.3 is 0 Å². The molecule has 0 aliphatic heterocycles. The summed E-state index contributed by atoms with van der Waals surface area (Å²) in [6, 6.07) is 1.37. The van der Waals surface area contributed by atoms with Crippen LogP contribution in [0.4, 0.5) is 14.6 Å². The van der Waals surface area contributed by atoms with Crippen LogP contribution in [0, 0.1) is 11.6 Å². The van der Waals surface area contributed by atoms with Gasteiger partial charge in [-0.25, -0.2) is 13.8 Å². The van der Waals surface area contributed by atoms with E-state index in [4.69, 9.17) is 0 Å². The number of carbonyl (C=O) groups is 2. The number of amides is 2. The fourth-order valence-electron chi connectivity index (χ4n) is 2.27. The maximum Gasteiger partial charge on any atom is 0.254 e. The number of carbonyl (C=O) groups excluding carboxylic acids is 2. The summed E-state index contributed by atoms with van der Waals surface area (Å²) in [6.45, 7) is 1.81. The Morgan fingerprint density at radius 3 is 2.42 bits per heavy atom. The Kier molecular flexibility index (Phi) is 6.67. The lowest BCUT2D eigenvalue weighted by molar-refractivity contribution is -0.133. The van der Waals surface area contributed by atoms with E-state index in [1.807, 2.05) is 6.92 Å². The van der Waals surface area contributed by atoms with E-state index in [9.17, 15) is 23.5 Å². The van der Waals surface area contributed by atoms with E-state index < -0.39 is 35.6 Å². The number of halogens is 2. The van der Waals surface area contributed by atoms with Gasteiger partial charge in [-0.2, -0.15) is 0 Å². The molecule has 7 nitrogen and oxygen atoms in total. The first-order valence-electron chi connectivity index (χ1n) is 7.92. The number of aliphatic hydroxyl groups is 1. The molecule has 0 saturated carbocycles. The van der Waals surface area contributed by atoms with Gasteiger partial charge in [-0.1, -0.05) is 13.3 Å². The van der Waals surface area contributed by atoms with E-state index in [2.05, 4.69) is 20.6 Å². The van der Waals surface area contributed by atoms with Crippen LogP contribution in [-0.2, 0) is 9.59 Å². The molecule has 2 rings (SSSR count). The molecule has 9 heteroatoms. The van der Waals surface area contributed by atoms with Gasteiger partial charge in [-0.05, 0) is 24.1 Å². The fourth-order valence-corrected chi connectivity index (χ4v) is 2.27. The van der Waals surface area contributed by atoms with Crippen molar-refractivity contribution in [1.29, 1.82) is 0 Å². The monoisotopic (exact) mass is 364 g/mol. The molecule has 2 aromatic rings. The van der Waals surface area contributed by atoms with Crippen molar-refractivity contribution in [2.45, 2.75) is 31.9 Å². The summed E-state index contributed by atoms with van der Waals surface area (Å²) < 4.78 is 26.5. The first-order chi connectivity index (χ1) is 12.4. The van der Waals surface area contributed by atoms with Gasteiger partial charge < -0.3 is 15.7 Å². The summed E-state index contributed by atoms with van der Waals surface area (Å²) in [5, 5.41) is 14.9. The molecule has 0 saturated heterocycles. The molecule has 0 aliphatic carbocycles. The maximum atomic E-state index is 13.2. The number of hydrogen-bond acceptors (Lipinski definition) is 5. The lowest BCUT2D eigenvalue weighted by Crippen LogP contribution is -2.45. The number of nitrogens with zero attached hydrogens (tertiary/aromatic N) is 2. The standard InChI is InChI=1S/C17H18F2N4O3/c1-2-3-13(16(25)23-14-9-20-4-5-21-14)22-17(26)15(24)10-6-11(18)8-12(19)7-10/h4-9,13,15,24H,2-3H2,1H3,(H,22,26)(H,21,23,25). The second-order valence-corrected chi connectivity index (χ2v) is 5.54. The number of benzene rings is 1. The topological polar surface area (TPSA) is 104 Å². The molecule has 138 valence electrons. The highest BCUT2D eigenvalue weighted by Gasteiger charge is 2.25. The molecule has 1 heterocycles. The van der Waals surface area contributed by atoms with Gasteiger partial charge in [0.05, 0.1) is 6.20 Å². The van der Waals surface area contributed by atoms with Gasteiger partial charge in [0.1, 0.15) is 17.7 Å². The Balaban J connectivity index is 2.07. The second-order valence-electron chi connectivity index (χ2n) is 5.54. The highest BCUT2D eigenvalue weighted by molar-refractivity contribution is 5.97. The molecule has 2 unspecified atom stereocenters. The first-order valence-corrected chi connectivity index (χ1v) is 7.92. The van der Waals surface area contributed by atoms with Crippen LogP contribution in [0.2, 0.25) is 0 Å². The second kappa shape index (κ2) is 8.95. The molecule has 0 aliphatic rings. The van der Waals surface area contributed by atoms with Gasteiger partial charge in [0.25, 0.3) is 5.91 Å². The van der Waals surface area contributed by atoms with Crippen LogP contribution in [-0.4, -0.2) is 32.9 Å². The van der Waals surface area contributed by atoms with E-state index in [-0.39, 0.29) is 11.4 Å². The Hall–Kier alpha value is -2.94. The Morgan fingerprint density at radius 2 is 1.85 bits per heavy atom. The fraction of sp³-hybridized carbons (Fsp3) is 0.294. The number of anilines is 1. The average molecular weight is 364 g/mol. The van der Waals surface area contributed by atoms with Crippen LogP contribution < -0.4 is 10.6 Å². The third-order valence-electron chi connectivity index (χ3n) is 3.47. The van der Waals surface area contributed by atoms with Gasteiger partial charge in [-0.15, -0.1) is 0 Å². The largest absolute Gasteiger partial charge is 0.378 e. The highest BCUT2D eigenvalue weighted by Crippen LogP contribution is 2.17. The minimum absolute atomic E-state index is 0.209. The summed E-state index contributed by atoms with van der Waals surface area (Å²) >= 11 is 0. The third kappa shape index (κ3) is 5.28. The molecule has 0 fully saturated rings. The van der Waals surface area contributed by atoms with Gasteiger partial charge in [0.2, 0.25) is 5.91 Å². The molecule has 3 N–H and O–H groups in total. The number of aliphatic hydroxyl groups excluding tert-OH is 1. The van der Waals surface area contributed by atoms with Crippen LogP contribution in [0.25, 0.3) is 0 Å². The molecule has 0 bridgehead atoms. The molecule has 1 aromatic heterocycles. The quantitative estimate of drug-likeness (QED) is 0.694. The van der Waals surface area contributed by atoms with Crippen LogP contribution in [0.15, 0.2) is 36.8 Å².